The number of likely N-dealkylation sites (tertiary alicyclic amines) is 1. The van der Waals surface area contributed by atoms with E-state index in [0.29, 0.717) is 23.7 Å². The Morgan fingerprint density at radius 2 is 2.14 bits per heavy atom. The van der Waals surface area contributed by atoms with Crippen molar-refractivity contribution in [1.82, 2.24) is 14.9 Å². The number of aryl methyl sites for hydroxylation is 1. The van der Waals surface area contributed by atoms with E-state index in [9.17, 15) is 9.00 Å². The lowest BCUT2D eigenvalue weighted by Crippen LogP contribution is -2.54. The molecule has 6 nitrogen and oxygen atoms in total. The van der Waals surface area contributed by atoms with Gasteiger partial charge in [-0.15, -0.1) is 0 Å². The van der Waals surface area contributed by atoms with Crippen LogP contribution in [0.2, 0.25) is 0 Å². The molecule has 120 valence electrons. The topological polar surface area (TPSA) is 75.5 Å². The summed E-state index contributed by atoms with van der Waals surface area (Å²) in [6.45, 7) is 2.56. The lowest BCUT2D eigenvalue weighted by molar-refractivity contribution is 0.0602. The highest BCUT2D eigenvalue weighted by Crippen LogP contribution is 2.39. The van der Waals surface area contributed by atoms with Crippen LogP contribution in [0.15, 0.2) is 16.8 Å². The number of rotatable bonds is 1. The number of aromatic nitrogens is 2. The Hall–Kier alpha value is -1.50. The first kappa shape index (κ1) is 15.4. The van der Waals surface area contributed by atoms with Gasteiger partial charge in [0.05, 0.1) is 11.3 Å². The van der Waals surface area contributed by atoms with Gasteiger partial charge in [0.2, 0.25) is 0 Å². The summed E-state index contributed by atoms with van der Waals surface area (Å²) in [6, 6.07) is 1.72. The first-order chi connectivity index (χ1) is 10.5. The van der Waals surface area contributed by atoms with E-state index in [-0.39, 0.29) is 11.4 Å². The SMILES string of the molecule is CN=S1(=O)CCCC2(CCCN2C(=O)c2cc(C)ncn2)C1. The van der Waals surface area contributed by atoms with Gasteiger partial charge in [-0.25, -0.2) is 18.5 Å². The van der Waals surface area contributed by atoms with Gasteiger partial charge in [-0.05, 0) is 38.7 Å². The maximum atomic E-state index is 12.9. The first-order valence-electron chi connectivity index (χ1n) is 7.69. The van der Waals surface area contributed by atoms with E-state index in [1.54, 1.807) is 13.1 Å². The Morgan fingerprint density at radius 1 is 1.36 bits per heavy atom. The zero-order valence-corrected chi connectivity index (χ0v) is 13.9. The Bertz CT molecular complexity index is 711. The molecule has 2 unspecified atom stereocenters. The molecule has 3 rings (SSSR count). The van der Waals surface area contributed by atoms with Gasteiger partial charge in [0.15, 0.2) is 0 Å². The van der Waals surface area contributed by atoms with E-state index in [2.05, 4.69) is 14.3 Å². The van der Waals surface area contributed by atoms with Gasteiger partial charge in [-0.2, -0.15) is 0 Å². The highest BCUT2D eigenvalue weighted by atomic mass is 32.2. The maximum absolute atomic E-state index is 12.9. The quantitative estimate of drug-likeness (QED) is 0.788. The largest absolute Gasteiger partial charge is 0.331 e. The van der Waals surface area contributed by atoms with E-state index in [1.165, 1.54) is 6.33 Å². The fourth-order valence-corrected chi connectivity index (χ4v) is 6.06. The molecular formula is C15H22N4O2S. The van der Waals surface area contributed by atoms with Gasteiger partial charge in [0.1, 0.15) is 12.0 Å². The number of nitrogens with zero attached hydrogens (tertiary/aromatic N) is 4. The molecule has 0 bridgehead atoms. The van der Waals surface area contributed by atoms with Gasteiger partial charge in [0.25, 0.3) is 5.91 Å². The molecule has 2 atom stereocenters. The molecule has 2 aliphatic rings. The lowest BCUT2D eigenvalue weighted by atomic mass is 9.92. The molecule has 0 aliphatic carbocycles. The Kier molecular flexibility index (Phi) is 3.92. The average molecular weight is 322 g/mol. The number of carbonyl (C=O) groups excluding carboxylic acids is 1. The Morgan fingerprint density at radius 3 is 2.86 bits per heavy atom. The van der Waals surface area contributed by atoms with Crippen molar-refractivity contribution in [2.75, 3.05) is 25.1 Å². The van der Waals surface area contributed by atoms with Gasteiger partial charge < -0.3 is 4.90 Å². The predicted molar refractivity (Wildman–Crippen MR) is 85.2 cm³/mol. The summed E-state index contributed by atoms with van der Waals surface area (Å²) in [4.78, 5) is 23.0. The molecule has 2 fully saturated rings. The summed E-state index contributed by atoms with van der Waals surface area (Å²) < 4.78 is 16.9. The third-order valence-corrected chi connectivity index (χ3v) is 7.38. The average Bonchev–Trinajstić information content (AvgIpc) is 2.89. The fourth-order valence-electron chi connectivity index (χ4n) is 3.72. The van der Waals surface area contributed by atoms with Crippen LogP contribution in [0.5, 0.6) is 0 Å². The highest BCUT2D eigenvalue weighted by Gasteiger charge is 2.47. The van der Waals surface area contributed by atoms with E-state index in [0.717, 1.165) is 31.4 Å². The molecule has 7 heteroatoms. The number of amides is 1. The monoisotopic (exact) mass is 322 g/mol. The molecule has 0 N–H and O–H groups in total. The third-order valence-electron chi connectivity index (χ3n) is 4.80. The van der Waals surface area contributed by atoms with E-state index >= 15 is 0 Å². The highest BCUT2D eigenvalue weighted by molar-refractivity contribution is 7.93. The van der Waals surface area contributed by atoms with Crippen molar-refractivity contribution in [1.29, 1.82) is 0 Å². The van der Waals surface area contributed by atoms with Crippen molar-refractivity contribution < 1.29 is 9.00 Å². The summed E-state index contributed by atoms with van der Waals surface area (Å²) in [5.41, 5.74) is 0.909. The van der Waals surface area contributed by atoms with Crippen molar-refractivity contribution in [2.45, 2.75) is 38.1 Å². The second-order valence-electron chi connectivity index (χ2n) is 6.24. The second-order valence-corrected chi connectivity index (χ2v) is 8.84. The summed E-state index contributed by atoms with van der Waals surface area (Å²) in [5, 5.41) is 0. The summed E-state index contributed by atoms with van der Waals surface area (Å²) in [6.07, 6.45) is 5.07. The minimum atomic E-state index is -2.18. The van der Waals surface area contributed by atoms with Crippen molar-refractivity contribution in [2.24, 2.45) is 4.36 Å². The molecule has 0 saturated carbocycles. The zero-order valence-electron chi connectivity index (χ0n) is 13.1. The van der Waals surface area contributed by atoms with E-state index in [4.69, 9.17) is 0 Å². The van der Waals surface area contributed by atoms with Gasteiger partial charge in [-0.1, -0.05) is 0 Å². The first-order valence-corrected chi connectivity index (χ1v) is 9.55. The smallest absolute Gasteiger partial charge is 0.273 e. The summed E-state index contributed by atoms with van der Waals surface area (Å²) in [7, 11) is -0.543. The van der Waals surface area contributed by atoms with Crippen LogP contribution in [-0.4, -0.2) is 55.6 Å². The van der Waals surface area contributed by atoms with Crippen molar-refractivity contribution in [3.05, 3.63) is 23.8 Å². The molecule has 2 saturated heterocycles. The van der Waals surface area contributed by atoms with Crippen LogP contribution in [0, 0.1) is 6.92 Å². The van der Waals surface area contributed by atoms with Crippen LogP contribution < -0.4 is 0 Å². The van der Waals surface area contributed by atoms with Crippen molar-refractivity contribution >= 4 is 15.6 Å². The lowest BCUT2D eigenvalue weighted by Gasteiger charge is -2.42. The molecule has 22 heavy (non-hydrogen) atoms. The fraction of sp³-hybridized carbons (Fsp3) is 0.667. The molecule has 0 aromatic carbocycles. The van der Waals surface area contributed by atoms with Gasteiger partial charge in [-0.3, -0.25) is 4.79 Å². The number of hydrogen-bond acceptors (Lipinski definition) is 5. The molecule has 2 aliphatic heterocycles. The maximum Gasteiger partial charge on any atom is 0.273 e. The number of hydrogen-bond donors (Lipinski definition) is 0. The van der Waals surface area contributed by atoms with Crippen LogP contribution >= 0.6 is 0 Å². The predicted octanol–water partition coefficient (Wildman–Crippen LogP) is 1.65. The molecular weight excluding hydrogens is 300 g/mol. The molecule has 3 heterocycles. The van der Waals surface area contributed by atoms with Gasteiger partial charge in [0, 0.05) is 34.8 Å². The Balaban J connectivity index is 1.93. The Labute approximate surface area is 131 Å². The van der Waals surface area contributed by atoms with Crippen LogP contribution in [-0.2, 0) is 9.73 Å². The minimum Gasteiger partial charge on any atom is -0.331 e. The summed E-state index contributed by atoms with van der Waals surface area (Å²) >= 11 is 0. The minimum absolute atomic E-state index is 0.0669. The standard InChI is InChI=1S/C15H22N4O2S/c1-12-9-13(18-11-17-12)14(20)19-7-3-5-15(19)6-4-8-22(21,10-15)16-2/h9,11H,3-8,10H2,1-2H3. The van der Waals surface area contributed by atoms with Crippen LogP contribution in [0.1, 0.15) is 41.9 Å². The number of carbonyl (C=O) groups is 1. The molecule has 0 radical (unpaired) electrons. The second kappa shape index (κ2) is 5.61. The molecule has 1 spiro atoms. The molecule has 1 aromatic rings. The molecule has 1 amide bonds. The van der Waals surface area contributed by atoms with Crippen molar-refractivity contribution in [3.8, 4) is 0 Å². The summed E-state index contributed by atoms with van der Waals surface area (Å²) in [5.74, 6) is 1.09. The normalized spacial score (nSPS) is 31.5. The van der Waals surface area contributed by atoms with Crippen LogP contribution in [0.25, 0.3) is 0 Å². The van der Waals surface area contributed by atoms with E-state index in [1.807, 2.05) is 11.8 Å². The van der Waals surface area contributed by atoms with Crippen molar-refractivity contribution in [3.63, 3.8) is 0 Å². The van der Waals surface area contributed by atoms with Gasteiger partial charge >= 0.3 is 0 Å². The van der Waals surface area contributed by atoms with Crippen LogP contribution in [0.3, 0.4) is 0 Å². The zero-order chi connectivity index (χ0) is 15.8. The van der Waals surface area contributed by atoms with E-state index < -0.39 is 9.73 Å². The third kappa shape index (κ3) is 2.62. The van der Waals surface area contributed by atoms with Crippen LogP contribution in [0.4, 0.5) is 0 Å². The molecule has 1 aromatic heterocycles.